The van der Waals surface area contributed by atoms with Gasteiger partial charge in [-0.15, -0.1) is 0 Å². The van der Waals surface area contributed by atoms with E-state index in [1.54, 1.807) is 0 Å². The highest BCUT2D eigenvalue weighted by atomic mass is 16.4. The molecule has 1 aliphatic rings. The highest BCUT2D eigenvalue weighted by Gasteiger charge is 2.27. The standard InChI is InChI=1S/C13H27N3O/c1-4-16(8-7-13(14)15-17)12-6-5-10(2)11(3)9-12/h10-12,17H,4-9H2,1-3H3,(H2,14,15). The van der Waals surface area contributed by atoms with Crippen molar-refractivity contribution in [3.63, 3.8) is 0 Å². The van der Waals surface area contributed by atoms with Gasteiger partial charge in [0.15, 0.2) is 0 Å². The summed E-state index contributed by atoms with van der Waals surface area (Å²) in [5.41, 5.74) is 5.53. The maximum atomic E-state index is 8.55. The molecule has 4 heteroatoms. The van der Waals surface area contributed by atoms with Crippen molar-refractivity contribution >= 4 is 5.84 Å². The summed E-state index contributed by atoms with van der Waals surface area (Å²) in [6, 6.07) is 0.678. The second kappa shape index (κ2) is 6.84. The lowest BCUT2D eigenvalue weighted by Crippen LogP contribution is -2.41. The minimum absolute atomic E-state index is 0.334. The molecule has 0 heterocycles. The molecular weight excluding hydrogens is 214 g/mol. The Balaban J connectivity index is 2.44. The van der Waals surface area contributed by atoms with E-state index < -0.39 is 0 Å². The molecule has 17 heavy (non-hydrogen) atoms. The minimum atomic E-state index is 0.334. The minimum Gasteiger partial charge on any atom is -0.409 e. The fourth-order valence-electron chi connectivity index (χ4n) is 2.76. The first-order valence-electron chi connectivity index (χ1n) is 6.78. The molecule has 1 aliphatic carbocycles. The van der Waals surface area contributed by atoms with Crippen LogP contribution in [0.3, 0.4) is 0 Å². The Morgan fingerprint density at radius 1 is 1.35 bits per heavy atom. The zero-order valence-electron chi connectivity index (χ0n) is 11.4. The summed E-state index contributed by atoms with van der Waals surface area (Å²) in [5.74, 6) is 2.00. The van der Waals surface area contributed by atoms with E-state index in [9.17, 15) is 0 Å². The highest BCUT2D eigenvalue weighted by molar-refractivity contribution is 5.79. The Hall–Kier alpha value is -0.770. The van der Waals surface area contributed by atoms with E-state index in [0.29, 0.717) is 18.3 Å². The topological polar surface area (TPSA) is 61.8 Å². The van der Waals surface area contributed by atoms with Gasteiger partial charge < -0.3 is 15.8 Å². The van der Waals surface area contributed by atoms with Gasteiger partial charge in [0.05, 0.1) is 0 Å². The van der Waals surface area contributed by atoms with E-state index in [2.05, 4.69) is 30.8 Å². The molecule has 3 N–H and O–H groups in total. The van der Waals surface area contributed by atoms with Crippen LogP contribution in [0.5, 0.6) is 0 Å². The Bertz CT molecular complexity index is 255. The maximum absolute atomic E-state index is 8.55. The first-order chi connectivity index (χ1) is 8.08. The van der Waals surface area contributed by atoms with Crippen molar-refractivity contribution in [2.24, 2.45) is 22.7 Å². The van der Waals surface area contributed by atoms with Crippen LogP contribution in [-0.4, -0.2) is 35.1 Å². The number of nitrogens with zero attached hydrogens (tertiary/aromatic N) is 2. The molecule has 0 saturated heterocycles. The van der Waals surface area contributed by atoms with Crippen LogP contribution in [0.1, 0.15) is 46.5 Å². The van der Waals surface area contributed by atoms with Crippen molar-refractivity contribution in [1.82, 2.24) is 4.90 Å². The molecule has 3 unspecified atom stereocenters. The molecule has 4 nitrogen and oxygen atoms in total. The Morgan fingerprint density at radius 2 is 2.06 bits per heavy atom. The largest absolute Gasteiger partial charge is 0.409 e. The molecular formula is C13H27N3O. The predicted octanol–water partition coefficient (Wildman–Crippen LogP) is 2.27. The molecule has 0 spiro atoms. The van der Waals surface area contributed by atoms with Crippen molar-refractivity contribution in [2.75, 3.05) is 13.1 Å². The van der Waals surface area contributed by atoms with Crippen LogP contribution in [0.25, 0.3) is 0 Å². The molecule has 1 fully saturated rings. The summed E-state index contributed by atoms with van der Waals surface area (Å²) in [6.07, 6.45) is 4.55. The molecule has 0 amide bonds. The van der Waals surface area contributed by atoms with Gasteiger partial charge >= 0.3 is 0 Å². The fraction of sp³-hybridized carbons (Fsp3) is 0.923. The number of amidine groups is 1. The summed E-state index contributed by atoms with van der Waals surface area (Å²) in [4.78, 5) is 2.47. The summed E-state index contributed by atoms with van der Waals surface area (Å²) in [5, 5.41) is 11.6. The van der Waals surface area contributed by atoms with Crippen molar-refractivity contribution in [3.8, 4) is 0 Å². The second-order valence-electron chi connectivity index (χ2n) is 5.39. The van der Waals surface area contributed by atoms with Gasteiger partial charge in [0.1, 0.15) is 5.84 Å². The van der Waals surface area contributed by atoms with Gasteiger partial charge in [-0.05, 0) is 37.6 Å². The van der Waals surface area contributed by atoms with Gasteiger partial charge in [0, 0.05) is 19.0 Å². The zero-order valence-corrected chi connectivity index (χ0v) is 11.4. The lowest BCUT2D eigenvalue weighted by molar-refractivity contribution is 0.116. The Morgan fingerprint density at radius 3 is 2.59 bits per heavy atom. The molecule has 0 bridgehead atoms. The molecule has 100 valence electrons. The average molecular weight is 241 g/mol. The normalized spacial score (nSPS) is 30.8. The van der Waals surface area contributed by atoms with Crippen molar-refractivity contribution in [2.45, 2.75) is 52.5 Å². The first-order valence-corrected chi connectivity index (χ1v) is 6.78. The quantitative estimate of drug-likeness (QED) is 0.336. The molecule has 0 aromatic heterocycles. The smallest absolute Gasteiger partial charge is 0.140 e. The van der Waals surface area contributed by atoms with E-state index in [4.69, 9.17) is 10.9 Å². The molecule has 0 aliphatic heterocycles. The third-order valence-corrected chi connectivity index (χ3v) is 4.28. The van der Waals surface area contributed by atoms with E-state index in [1.165, 1.54) is 19.3 Å². The molecule has 1 rings (SSSR count). The van der Waals surface area contributed by atoms with Gasteiger partial charge in [-0.3, -0.25) is 0 Å². The van der Waals surface area contributed by atoms with E-state index in [1.807, 2.05) is 0 Å². The predicted molar refractivity (Wildman–Crippen MR) is 71.2 cm³/mol. The van der Waals surface area contributed by atoms with Gasteiger partial charge in [0.2, 0.25) is 0 Å². The van der Waals surface area contributed by atoms with Crippen LogP contribution in [0.4, 0.5) is 0 Å². The van der Waals surface area contributed by atoms with Crippen molar-refractivity contribution < 1.29 is 5.21 Å². The number of oxime groups is 1. The average Bonchev–Trinajstić information content (AvgIpc) is 2.33. The van der Waals surface area contributed by atoms with Crippen molar-refractivity contribution in [1.29, 1.82) is 0 Å². The number of hydrogen-bond acceptors (Lipinski definition) is 3. The first kappa shape index (κ1) is 14.3. The van der Waals surface area contributed by atoms with Crippen LogP contribution in [0, 0.1) is 11.8 Å². The summed E-state index contributed by atoms with van der Waals surface area (Å²) in [6.45, 7) is 8.85. The number of hydrogen-bond donors (Lipinski definition) is 2. The molecule has 0 radical (unpaired) electrons. The number of rotatable bonds is 5. The van der Waals surface area contributed by atoms with Crippen LogP contribution < -0.4 is 5.73 Å². The third kappa shape index (κ3) is 4.19. The Labute approximate surface area is 105 Å². The molecule has 1 saturated carbocycles. The Kier molecular flexibility index (Phi) is 5.75. The lowest BCUT2D eigenvalue weighted by Gasteiger charge is -2.38. The maximum Gasteiger partial charge on any atom is 0.140 e. The van der Waals surface area contributed by atoms with Crippen LogP contribution >= 0.6 is 0 Å². The van der Waals surface area contributed by atoms with Crippen molar-refractivity contribution in [3.05, 3.63) is 0 Å². The van der Waals surface area contributed by atoms with Gasteiger partial charge in [-0.1, -0.05) is 25.9 Å². The SMILES string of the molecule is CCN(CCC(N)=NO)C1CCC(C)C(C)C1. The second-order valence-corrected chi connectivity index (χ2v) is 5.39. The fourth-order valence-corrected chi connectivity index (χ4v) is 2.76. The van der Waals surface area contributed by atoms with E-state index >= 15 is 0 Å². The third-order valence-electron chi connectivity index (χ3n) is 4.28. The molecule has 3 atom stereocenters. The summed E-state index contributed by atoms with van der Waals surface area (Å²) >= 11 is 0. The molecule has 0 aromatic carbocycles. The van der Waals surface area contributed by atoms with E-state index in [-0.39, 0.29) is 0 Å². The zero-order chi connectivity index (χ0) is 12.8. The van der Waals surface area contributed by atoms with Gasteiger partial charge in [-0.25, -0.2) is 0 Å². The van der Waals surface area contributed by atoms with Crippen LogP contribution in [0.15, 0.2) is 5.16 Å². The number of nitrogens with two attached hydrogens (primary N) is 1. The van der Waals surface area contributed by atoms with Crippen LogP contribution in [0.2, 0.25) is 0 Å². The monoisotopic (exact) mass is 241 g/mol. The van der Waals surface area contributed by atoms with Gasteiger partial charge in [0.25, 0.3) is 0 Å². The molecule has 0 aromatic rings. The lowest BCUT2D eigenvalue weighted by atomic mass is 9.78. The summed E-state index contributed by atoms with van der Waals surface area (Å²) in [7, 11) is 0. The van der Waals surface area contributed by atoms with Crippen LogP contribution in [-0.2, 0) is 0 Å². The highest BCUT2D eigenvalue weighted by Crippen LogP contribution is 2.31. The summed E-state index contributed by atoms with van der Waals surface area (Å²) < 4.78 is 0. The van der Waals surface area contributed by atoms with Gasteiger partial charge in [-0.2, -0.15) is 0 Å². The van der Waals surface area contributed by atoms with E-state index in [0.717, 1.165) is 24.9 Å².